The highest BCUT2D eigenvalue weighted by atomic mass is 32.2. The molecule has 4 heteroatoms. The summed E-state index contributed by atoms with van der Waals surface area (Å²) in [5, 5.41) is 2.02. The van der Waals surface area contributed by atoms with E-state index in [1.165, 1.54) is 0 Å². The molecule has 0 aliphatic carbocycles. The van der Waals surface area contributed by atoms with Crippen molar-refractivity contribution >= 4 is 22.1 Å². The second kappa shape index (κ2) is 5.18. The Kier molecular flexibility index (Phi) is 4.94. The van der Waals surface area contributed by atoms with Crippen LogP contribution in [-0.4, -0.2) is 16.9 Å². The van der Waals surface area contributed by atoms with Gasteiger partial charge in [-0.15, -0.1) is 0 Å². The number of carbonyl (C=O) groups is 2. The molecule has 0 aromatic heterocycles. The third kappa shape index (κ3) is 7.39. The van der Waals surface area contributed by atoms with E-state index in [2.05, 4.69) is 26.1 Å². The Labute approximate surface area is 70.9 Å². The van der Waals surface area contributed by atoms with Crippen molar-refractivity contribution in [3.8, 4) is 0 Å². The van der Waals surface area contributed by atoms with Gasteiger partial charge in [-0.25, -0.2) is 0 Å². The summed E-state index contributed by atoms with van der Waals surface area (Å²) in [6.45, 7) is 6.70. The first-order chi connectivity index (χ1) is 5.02. The molecule has 11 heavy (non-hydrogen) atoms. The normalized spacial score (nSPS) is 16.0. The summed E-state index contributed by atoms with van der Waals surface area (Å²) in [5.74, 6) is 0.833. The minimum absolute atomic E-state index is 0.0926. The molecule has 1 amide bonds. The van der Waals surface area contributed by atoms with E-state index in [9.17, 15) is 9.59 Å². The number of nitrogens with one attached hydrogen (secondary N) is 1. The Morgan fingerprint density at radius 1 is 1.36 bits per heavy atom. The molecular formula is C7H13NO2S. The molecule has 0 atom stereocenters. The molecule has 0 radical (unpaired) electrons. The van der Waals surface area contributed by atoms with Crippen LogP contribution >= 0.6 is 11.8 Å². The van der Waals surface area contributed by atoms with Gasteiger partial charge in [0.1, 0.15) is 0 Å². The van der Waals surface area contributed by atoms with Gasteiger partial charge in [0.25, 0.3) is 5.24 Å². The molecule has 1 aliphatic rings. The first-order valence-electron chi connectivity index (χ1n) is 3.51. The first kappa shape index (κ1) is 10.5. The largest absolute Gasteiger partial charge is 0.339 e. The number of hydrogen-bond acceptors (Lipinski definition) is 3. The molecule has 1 fully saturated rings. The van der Waals surface area contributed by atoms with Gasteiger partial charge in [0.2, 0.25) is 5.12 Å². The maximum atomic E-state index is 10.1. The summed E-state index contributed by atoms with van der Waals surface area (Å²) in [5.41, 5.74) is 0. The van der Waals surface area contributed by atoms with Gasteiger partial charge in [-0.3, -0.25) is 9.59 Å². The smallest absolute Gasteiger partial charge is 0.287 e. The van der Waals surface area contributed by atoms with Crippen LogP contribution in [0.15, 0.2) is 0 Å². The molecule has 1 N–H and O–H groups in total. The highest BCUT2D eigenvalue weighted by molar-refractivity contribution is 8.26. The molecule has 0 aromatic carbocycles. The fourth-order valence-electron chi connectivity index (χ4n) is 0.320. The number of hydrogen-bond donors (Lipinski definition) is 1. The van der Waals surface area contributed by atoms with Crippen LogP contribution in [0.1, 0.15) is 20.8 Å². The molecular weight excluding hydrogens is 162 g/mol. The average molecular weight is 175 g/mol. The molecule has 0 spiro atoms. The number of rotatable bonds is 0. The third-order valence-corrected chi connectivity index (χ3v) is 1.29. The second-order valence-corrected chi connectivity index (χ2v) is 3.88. The zero-order chi connectivity index (χ0) is 8.85. The summed E-state index contributed by atoms with van der Waals surface area (Å²) in [6, 6.07) is 0. The van der Waals surface area contributed by atoms with E-state index in [1.807, 2.05) is 0 Å². The van der Waals surface area contributed by atoms with Crippen molar-refractivity contribution in [2.45, 2.75) is 20.8 Å². The molecule has 0 aromatic rings. The minimum atomic E-state index is -0.231. The number of thioether (sulfide) groups is 1. The van der Waals surface area contributed by atoms with Crippen LogP contribution in [-0.2, 0) is 4.79 Å². The van der Waals surface area contributed by atoms with E-state index in [1.54, 1.807) is 0 Å². The SMILES string of the molecule is CC(C)C.O=C1CNC(=O)S1. The lowest BCUT2D eigenvalue weighted by molar-refractivity contribution is -0.109. The van der Waals surface area contributed by atoms with Crippen molar-refractivity contribution in [3.63, 3.8) is 0 Å². The van der Waals surface area contributed by atoms with Gasteiger partial charge in [-0.05, 0) is 5.92 Å². The molecule has 64 valence electrons. The fraction of sp³-hybridized carbons (Fsp3) is 0.714. The molecule has 1 heterocycles. The van der Waals surface area contributed by atoms with Gasteiger partial charge >= 0.3 is 0 Å². The van der Waals surface area contributed by atoms with Crippen LogP contribution < -0.4 is 5.32 Å². The fourth-order valence-corrected chi connectivity index (χ4v) is 0.815. The van der Waals surface area contributed by atoms with E-state index in [0.29, 0.717) is 0 Å². The molecule has 0 bridgehead atoms. The van der Waals surface area contributed by atoms with E-state index < -0.39 is 0 Å². The van der Waals surface area contributed by atoms with Gasteiger partial charge in [0.15, 0.2) is 0 Å². The van der Waals surface area contributed by atoms with Gasteiger partial charge in [-0.1, -0.05) is 20.8 Å². The van der Waals surface area contributed by atoms with E-state index >= 15 is 0 Å². The Hall–Kier alpha value is -0.510. The molecule has 0 saturated carbocycles. The summed E-state index contributed by atoms with van der Waals surface area (Å²) < 4.78 is 0. The zero-order valence-corrected chi connectivity index (χ0v) is 7.83. The Balaban J connectivity index is 0.000000218. The third-order valence-electron chi connectivity index (χ3n) is 0.584. The van der Waals surface area contributed by atoms with Crippen molar-refractivity contribution in [1.82, 2.24) is 5.32 Å². The molecule has 1 aliphatic heterocycles. The van der Waals surface area contributed by atoms with Gasteiger partial charge in [0.05, 0.1) is 6.54 Å². The predicted molar refractivity (Wildman–Crippen MR) is 46.5 cm³/mol. The molecule has 1 rings (SSSR count). The van der Waals surface area contributed by atoms with Crippen molar-refractivity contribution in [1.29, 1.82) is 0 Å². The zero-order valence-electron chi connectivity index (χ0n) is 7.01. The lowest BCUT2D eigenvalue weighted by Crippen LogP contribution is -2.11. The maximum absolute atomic E-state index is 10.1. The van der Waals surface area contributed by atoms with Crippen LogP contribution in [0.2, 0.25) is 0 Å². The van der Waals surface area contributed by atoms with Crippen molar-refractivity contribution in [3.05, 3.63) is 0 Å². The van der Waals surface area contributed by atoms with Crippen molar-refractivity contribution in [2.24, 2.45) is 5.92 Å². The van der Waals surface area contributed by atoms with Gasteiger partial charge < -0.3 is 5.32 Å². The maximum Gasteiger partial charge on any atom is 0.287 e. The Bertz CT molecular complexity index is 140. The van der Waals surface area contributed by atoms with Crippen LogP contribution in [0.4, 0.5) is 4.79 Å². The lowest BCUT2D eigenvalue weighted by Gasteiger charge is -1.79. The van der Waals surface area contributed by atoms with Crippen LogP contribution in [0.3, 0.4) is 0 Å². The quantitative estimate of drug-likeness (QED) is 0.608. The molecule has 0 unspecified atom stereocenters. The molecule has 1 saturated heterocycles. The van der Waals surface area contributed by atoms with Crippen molar-refractivity contribution in [2.75, 3.05) is 6.54 Å². The van der Waals surface area contributed by atoms with Crippen LogP contribution in [0.5, 0.6) is 0 Å². The number of amides is 1. The van der Waals surface area contributed by atoms with Crippen molar-refractivity contribution < 1.29 is 9.59 Å². The summed E-state index contributed by atoms with van der Waals surface area (Å²) in [4.78, 5) is 20.2. The second-order valence-electron chi connectivity index (χ2n) is 2.85. The first-order valence-corrected chi connectivity index (χ1v) is 4.32. The summed E-state index contributed by atoms with van der Waals surface area (Å²) >= 11 is 0.731. The number of carbonyl (C=O) groups excluding carboxylic acids is 2. The summed E-state index contributed by atoms with van der Waals surface area (Å²) in [7, 11) is 0. The highest BCUT2D eigenvalue weighted by Gasteiger charge is 2.17. The van der Waals surface area contributed by atoms with E-state index in [4.69, 9.17) is 0 Å². The lowest BCUT2D eigenvalue weighted by atomic mass is 10.3. The van der Waals surface area contributed by atoms with E-state index in [0.717, 1.165) is 17.7 Å². The standard InChI is InChI=1S/C4H10.C3H3NO2S/c1-4(2)3;5-2-1-4-3(6)7-2/h4H,1-3H3;1H2,(H,4,6). The topological polar surface area (TPSA) is 46.2 Å². The van der Waals surface area contributed by atoms with Gasteiger partial charge in [-0.2, -0.15) is 0 Å². The van der Waals surface area contributed by atoms with Crippen LogP contribution in [0, 0.1) is 5.92 Å². The highest BCUT2D eigenvalue weighted by Crippen LogP contribution is 2.07. The average Bonchev–Trinajstić information content (AvgIpc) is 2.13. The molecule has 3 nitrogen and oxygen atoms in total. The Morgan fingerprint density at radius 3 is 1.91 bits per heavy atom. The minimum Gasteiger partial charge on any atom is -0.339 e. The van der Waals surface area contributed by atoms with Gasteiger partial charge in [0, 0.05) is 11.8 Å². The monoisotopic (exact) mass is 175 g/mol. The van der Waals surface area contributed by atoms with Crippen LogP contribution in [0.25, 0.3) is 0 Å². The summed E-state index contributed by atoms with van der Waals surface area (Å²) in [6.07, 6.45) is 0. The predicted octanol–water partition coefficient (Wildman–Crippen LogP) is 1.63. The van der Waals surface area contributed by atoms with E-state index in [-0.39, 0.29) is 16.9 Å². The Morgan fingerprint density at radius 2 is 1.82 bits per heavy atom.